The number of hydrogen-bond donors (Lipinski definition) is 0. The number of ether oxygens (including phenoxy) is 1. The summed E-state index contributed by atoms with van der Waals surface area (Å²) in [5, 5.41) is 7.91. The Bertz CT molecular complexity index is 566. The molecule has 2 aromatic rings. The molecule has 1 unspecified atom stereocenters. The molecule has 0 fully saturated rings. The first-order valence-corrected chi connectivity index (χ1v) is 6.64. The quantitative estimate of drug-likeness (QED) is 0.790. The third-order valence-corrected chi connectivity index (χ3v) is 2.93. The van der Waals surface area contributed by atoms with Crippen molar-refractivity contribution in [3.63, 3.8) is 0 Å². The fourth-order valence-electron chi connectivity index (χ4n) is 1.56. The minimum Gasteiger partial charge on any atom is -0.406 e. The van der Waals surface area contributed by atoms with Crippen LogP contribution in [0.2, 0.25) is 0 Å². The third-order valence-electron chi connectivity index (χ3n) is 2.47. The fraction of sp³-hybridized carbons (Fsp3) is 0.333. The Balaban J connectivity index is 2.03. The van der Waals surface area contributed by atoms with Crippen molar-refractivity contribution in [3.05, 3.63) is 41.7 Å². The van der Waals surface area contributed by atoms with Crippen LogP contribution in [0, 0.1) is 0 Å². The van der Waals surface area contributed by atoms with Gasteiger partial charge >= 0.3 is 6.36 Å². The summed E-state index contributed by atoms with van der Waals surface area (Å²) in [5.41, 5.74) is 1.60. The Morgan fingerprint density at radius 1 is 1.30 bits per heavy atom. The van der Waals surface area contributed by atoms with Crippen molar-refractivity contribution < 1.29 is 17.9 Å². The largest absolute Gasteiger partial charge is 0.573 e. The molecule has 0 aliphatic rings. The minimum absolute atomic E-state index is 0.0961. The van der Waals surface area contributed by atoms with Gasteiger partial charge in [0.2, 0.25) is 0 Å². The van der Waals surface area contributed by atoms with Gasteiger partial charge in [0, 0.05) is 6.20 Å². The number of halogens is 4. The van der Waals surface area contributed by atoms with E-state index in [4.69, 9.17) is 0 Å². The maximum atomic E-state index is 12.0. The average molecular weight is 350 g/mol. The van der Waals surface area contributed by atoms with Crippen molar-refractivity contribution in [2.45, 2.75) is 24.7 Å². The van der Waals surface area contributed by atoms with Crippen LogP contribution < -0.4 is 4.74 Å². The molecule has 0 aliphatic carbocycles. The summed E-state index contributed by atoms with van der Waals surface area (Å²) in [6.07, 6.45) is -2.89. The van der Waals surface area contributed by atoms with E-state index < -0.39 is 6.36 Å². The van der Waals surface area contributed by atoms with E-state index in [1.807, 2.05) is 6.92 Å². The topological polar surface area (TPSA) is 39.9 Å². The van der Waals surface area contributed by atoms with Crippen molar-refractivity contribution >= 4 is 15.9 Å². The lowest BCUT2D eigenvalue weighted by Gasteiger charge is -2.09. The molecule has 1 aromatic heterocycles. The van der Waals surface area contributed by atoms with Gasteiger partial charge in [-0.1, -0.05) is 33.3 Å². The van der Waals surface area contributed by atoms with E-state index in [-0.39, 0.29) is 10.6 Å². The molecular weight excluding hydrogens is 339 g/mol. The Morgan fingerprint density at radius 2 is 1.95 bits per heavy atom. The molecule has 2 rings (SSSR count). The Labute approximate surface area is 121 Å². The second-order valence-corrected chi connectivity index (χ2v) is 5.52. The molecule has 108 valence electrons. The highest BCUT2D eigenvalue weighted by Crippen LogP contribution is 2.23. The van der Waals surface area contributed by atoms with Crippen molar-refractivity contribution in [2.75, 3.05) is 0 Å². The molecule has 0 N–H and O–H groups in total. The lowest BCUT2D eigenvalue weighted by molar-refractivity contribution is -0.274. The summed E-state index contributed by atoms with van der Waals surface area (Å²) < 4.78 is 41.5. The van der Waals surface area contributed by atoms with Crippen LogP contribution in [0.1, 0.15) is 23.0 Å². The lowest BCUT2D eigenvalue weighted by atomic mass is 10.2. The summed E-state index contributed by atoms with van der Waals surface area (Å²) in [6.45, 7) is 2.36. The molecule has 0 saturated heterocycles. The third kappa shape index (κ3) is 4.22. The predicted molar refractivity (Wildman–Crippen MR) is 69.6 cm³/mol. The number of hydrogen-bond acceptors (Lipinski definition) is 3. The standard InChI is InChI=1S/C12H11BrF3N3O/c1-8(13)11-7-19(18-17-11)6-9-2-4-10(5-3-9)20-12(14,15)16/h2-5,7-8H,6H2,1H3. The van der Waals surface area contributed by atoms with Crippen LogP contribution in [-0.2, 0) is 6.54 Å². The first-order valence-electron chi connectivity index (χ1n) is 5.72. The van der Waals surface area contributed by atoms with Crippen LogP contribution in [0.15, 0.2) is 30.5 Å². The van der Waals surface area contributed by atoms with E-state index in [9.17, 15) is 13.2 Å². The first kappa shape index (κ1) is 14.8. The van der Waals surface area contributed by atoms with Gasteiger partial charge in [-0.25, -0.2) is 4.68 Å². The Kier molecular flexibility index (Phi) is 4.32. The number of aromatic nitrogens is 3. The molecule has 0 bridgehead atoms. The van der Waals surface area contributed by atoms with Crippen LogP contribution >= 0.6 is 15.9 Å². The Hall–Kier alpha value is -1.57. The highest BCUT2D eigenvalue weighted by Gasteiger charge is 2.30. The molecular formula is C12H11BrF3N3O. The first-order chi connectivity index (χ1) is 9.33. The monoisotopic (exact) mass is 349 g/mol. The van der Waals surface area contributed by atoms with Crippen LogP contribution in [-0.4, -0.2) is 21.4 Å². The van der Waals surface area contributed by atoms with Crippen molar-refractivity contribution in [1.82, 2.24) is 15.0 Å². The van der Waals surface area contributed by atoms with E-state index in [2.05, 4.69) is 31.0 Å². The van der Waals surface area contributed by atoms with Gasteiger partial charge < -0.3 is 4.74 Å². The molecule has 1 aromatic carbocycles. The van der Waals surface area contributed by atoms with Gasteiger partial charge in [0.25, 0.3) is 0 Å². The van der Waals surface area contributed by atoms with Crippen molar-refractivity contribution in [3.8, 4) is 5.75 Å². The molecule has 1 heterocycles. The number of benzene rings is 1. The van der Waals surface area contributed by atoms with E-state index in [0.717, 1.165) is 11.3 Å². The highest BCUT2D eigenvalue weighted by molar-refractivity contribution is 9.09. The molecule has 0 aliphatic heterocycles. The second kappa shape index (κ2) is 5.82. The molecule has 0 amide bonds. The van der Waals surface area contributed by atoms with Gasteiger partial charge in [0.1, 0.15) is 5.75 Å². The number of nitrogens with zero attached hydrogens (tertiary/aromatic N) is 3. The average Bonchev–Trinajstić information content (AvgIpc) is 2.78. The second-order valence-electron chi connectivity index (χ2n) is 4.15. The highest BCUT2D eigenvalue weighted by atomic mass is 79.9. The van der Waals surface area contributed by atoms with Crippen molar-refractivity contribution in [1.29, 1.82) is 0 Å². The van der Waals surface area contributed by atoms with Gasteiger partial charge in [-0.2, -0.15) is 0 Å². The molecule has 8 heteroatoms. The van der Waals surface area contributed by atoms with E-state index in [1.54, 1.807) is 23.0 Å². The molecule has 0 saturated carbocycles. The summed E-state index contributed by atoms with van der Waals surface area (Å²) in [4.78, 5) is 0.0961. The number of alkyl halides is 4. The normalized spacial score (nSPS) is 13.2. The molecule has 4 nitrogen and oxygen atoms in total. The Morgan fingerprint density at radius 3 is 2.45 bits per heavy atom. The van der Waals surface area contributed by atoms with E-state index in [1.165, 1.54) is 12.1 Å². The van der Waals surface area contributed by atoms with Crippen LogP contribution in [0.3, 0.4) is 0 Å². The smallest absolute Gasteiger partial charge is 0.406 e. The summed E-state index contributed by atoms with van der Waals surface area (Å²) in [6, 6.07) is 5.65. The molecule has 0 spiro atoms. The zero-order chi connectivity index (χ0) is 14.8. The summed E-state index contributed by atoms with van der Waals surface area (Å²) in [5.74, 6) is -0.241. The van der Waals surface area contributed by atoms with Gasteiger partial charge in [-0.05, 0) is 24.6 Å². The molecule has 20 heavy (non-hydrogen) atoms. The SMILES string of the molecule is CC(Br)c1cn(Cc2ccc(OC(F)(F)F)cc2)nn1. The van der Waals surface area contributed by atoms with Gasteiger partial charge in [0.05, 0.1) is 17.1 Å². The maximum absolute atomic E-state index is 12.0. The molecule has 0 radical (unpaired) electrons. The van der Waals surface area contributed by atoms with Crippen molar-refractivity contribution in [2.24, 2.45) is 0 Å². The maximum Gasteiger partial charge on any atom is 0.573 e. The van der Waals surface area contributed by atoms with Gasteiger partial charge in [-0.3, -0.25) is 0 Å². The van der Waals surface area contributed by atoms with Crippen LogP contribution in [0.4, 0.5) is 13.2 Å². The lowest BCUT2D eigenvalue weighted by Crippen LogP contribution is -2.17. The van der Waals surface area contributed by atoms with Gasteiger partial charge in [0.15, 0.2) is 0 Å². The zero-order valence-electron chi connectivity index (χ0n) is 10.4. The molecule has 1 atom stereocenters. The zero-order valence-corrected chi connectivity index (χ0v) is 12.0. The van der Waals surface area contributed by atoms with E-state index in [0.29, 0.717) is 6.54 Å². The number of rotatable bonds is 4. The summed E-state index contributed by atoms with van der Waals surface area (Å²) >= 11 is 3.38. The fourth-order valence-corrected chi connectivity index (χ4v) is 1.77. The predicted octanol–water partition coefficient (Wildman–Crippen LogP) is 3.68. The summed E-state index contributed by atoms with van der Waals surface area (Å²) in [7, 11) is 0. The van der Waals surface area contributed by atoms with Gasteiger partial charge in [-0.15, -0.1) is 18.3 Å². The minimum atomic E-state index is -4.67. The van der Waals surface area contributed by atoms with Crippen LogP contribution in [0.25, 0.3) is 0 Å². The van der Waals surface area contributed by atoms with E-state index >= 15 is 0 Å². The van der Waals surface area contributed by atoms with Crippen LogP contribution in [0.5, 0.6) is 5.75 Å².